The molecule has 158 valence electrons. The van der Waals surface area contributed by atoms with Gasteiger partial charge in [0.2, 0.25) is 0 Å². The molecular weight excluding hydrogens is 414 g/mol. The monoisotopic (exact) mass is 429 g/mol. The predicted molar refractivity (Wildman–Crippen MR) is 104 cm³/mol. The van der Waals surface area contributed by atoms with Crippen LogP contribution in [0.2, 0.25) is 0 Å². The van der Waals surface area contributed by atoms with E-state index in [-0.39, 0.29) is 33.9 Å². The third-order valence-electron chi connectivity index (χ3n) is 5.07. The Morgan fingerprint density at radius 3 is 2.52 bits per heavy atom. The average Bonchev–Trinajstić information content (AvgIpc) is 3.00. The molecule has 1 aliphatic rings. The number of alkyl halides is 1. The number of nitrogens with zero attached hydrogens (tertiary/aromatic N) is 4. The molecule has 1 aromatic carbocycles. The van der Waals surface area contributed by atoms with Crippen LogP contribution < -0.4 is 5.73 Å². The molecule has 3 aromatic rings. The lowest BCUT2D eigenvalue weighted by Crippen LogP contribution is -2.41. The Hall–Kier alpha value is -3.82. The van der Waals surface area contributed by atoms with Crippen molar-refractivity contribution in [1.29, 1.82) is 0 Å². The lowest BCUT2D eigenvalue weighted by molar-refractivity contribution is -0.129. The maximum atomic E-state index is 14.7. The van der Waals surface area contributed by atoms with Crippen LogP contribution in [0.3, 0.4) is 0 Å². The van der Waals surface area contributed by atoms with E-state index in [4.69, 9.17) is 5.73 Å². The first-order valence-electron chi connectivity index (χ1n) is 9.03. The summed E-state index contributed by atoms with van der Waals surface area (Å²) < 4.78 is 56.2. The number of carbonyl (C=O) groups is 1. The van der Waals surface area contributed by atoms with Crippen LogP contribution in [0.4, 0.5) is 17.6 Å². The molecule has 31 heavy (non-hydrogen) atoms. The number of aliphatic imine (C=N–C) groups is 1. The standard InChI is InChI=1S/C21H15F4N5O/c1-30-19(31)21(29-20(30)26,12-2-3-28-15(5-12)8-22)13-6-16(18(25)17(24)7-13)11-4-14(23)10-27-9-11/h2-7,9-10H,8H2,1H3,(H2,26,29). The van der Waals surface area contributed by atoms with E-state index in [0.29, 0.717) is 0 Å². The molecule has 2 N–H and O–H groups in total. The Morgan fingerprint density at radius 1 is 1.10 bits per heavy atom. The summed E-state index contributed by atoms with van der Waals surface area (Å²) in [6.07, 6.45) is 3.35. The van der Waals surface area contributed by atoms with E-state index in [1.807, 2.05) is 0 Å². The summed E-state index contributed by atoms with van der Waals surface area (Å²) in [5, 5.41) is 0. The van der Waals surface area contributed by atoms with Crippen LogP contribution in [0, 0.1) is 17.5 Å². The fraction of sp³-hybridized carbons (Fsp3) is 0.143. The SMILES string of the molecule is CN1C(=O)C(c2ccnc(CF)c2)(c2cc(F)c(F)c(-c3cncc(F)c3)c2)N=C1N. The number of guanidine groups is 1. The van der Waals surface area contributed by atoms with Gasteiger partial charge in [-0.2, -0.15) is 0 Å². The van der Waals surface area contributed by atoms with Gasteiger partial charge in [-0.1, -0.05) is 0 Å². The maximum Gasteiger partial charge on any atom is 0.266 e. The molecule has 1 aliphatic heterocycles. The molecule has 1 amide bonds. The third-order valence-corrected chi connectivity index (χ3v) is 5.07. The second-order valence-electron chi connectivity index (χ2n) is 6.93. The number of benzene rings is 1. The minimum absolute atomic E-state index is 0.0186. The minimum Gasteiger partial charge on any atom is -0.369 e. The van der Waals surface area contributed by atoms with Crippen LogP contribution in [0.5, 0.6) is 0 Å². The Balaban J connectivity index is 2.03. The summed E-state index contributed by atoms with van der Waals surface area (Å²) in [6.45, 7) is -0.912. The van der Waals surface area contributed by atoms with Gasteiger partial charge < -0.3 is 5.73 Å². The molecule has 0 spiro atoms. The molecule has 2 aromatic heterocycles. The quantitative estimate of drug-likeness (QED) is 0.646. The fourth-order valence-corrected chi connectivity index (χ4v) is 3.53. The van der Waals surface area contributed by atoms with Crippen LogP contribution in [-0.2, 0) is 17.0 Å². The fourth-order valence-electron chi connectivity index (χ4n) is 3.53. The van der Waals surface area contributed by atoms with E-state index in [0.717, 1.165) is 29.4 Å². The third kappa shape index (κ3) is 3.20. The molecule has 6 nitrogen and oxygen atoms in total. The molecule has 0 fully saturated rings. The summed E-state index contributed by atoms with van der Waals surface area (Å²) in [6, 6.07) is 5.69. The Kier molecular flexibility index (Phi) is 4.92. The van der Waals surface area contributed by atoms with Gasteiger partial charge in [0.25, 0.3) is 5.91 Å². The zero-order valence-electron chi connectivity index (χ0n) is 16.1. The normalized spacial score (nSPS) is 18.4. The summed E-state index contributed by atoms with van der Waals surface area (Å²) in [5.74, 6) is -4.11. The Bertz CT molecular complexity index is 1230. The number of nitrogens with two attached hydrogens (primary N) is 1. The summed E-state index contributed by atoms with van der Waals surface area (Å²) in [7, 11) is 1.37. The number of likely N-dealkylation sites (N-methyl/N-ethyl adjacent to an activating group) is 1. The summed E-state index contributed by atoms with van der Waals surface area (Å²) >= 11 is 0. The highest BCUT2D eigenvalue weighted by Gasteiger charge is 2.50. The van der Waals surface area contributed by atoms with Crippen molar-refractivity contribution in [3.63, 3.8) is 0 Å². The van der Waals surface area contributed by atoms with Crippen molar-refractivity contribution < 1.29 is 22.4 Å². The second-order valence-corrected chi connectivity index (χ2v) is 6.93. The number of rotatable bonds is 4. The minimum atomic E-state index is -1.91. The molecular formula is C21H15F4N5O. The largest absolute Gasteiger partial charge is 0.369 e. The van der Waals surface area contributed by atoms with Crippen molar-refractivity contribution in [2.24, 2.45) is 10.7 Å². The van der Waals surface area contributed by atoms with E-state index in [2.05, 4.69) is 15.0 Å². The van der Waals surface area contributed by atoms with Crippen molar-refractivity contribution in [2.45, 2.75) is 12.2 Å². The van der Waals surface area contributed by atoms with Crippen LogP contribution in [0.1, 0.15) is 16.8 Å². The number of aromatic nitrogens is 2. The molecule has 0 bridgehead atoms. The Labute approximate surface area is 174 Å². The first-order chi connectivity index (χ1) is 14.8. The van der Waals surface area contributed by atoms with Crippen molar-refractivity contribution in [1.82, 2.24) is 14.9 Å². The second kappa shape index (κ2) is 7.46. The van der Waals surface area contributed by atoms with Gasteiger partial charge in [-0.3, -0.25) is 19.7 Å². The van der Waals surface area contributed by atoms with Gasteiger partial charge in [-0.05, 0) is 41.5 Å². The van der Waals surface area contributed by atoms with Crippen molar-refractivity contribution in [3.05, 3.63) is 83.2 Å². The first-order valence-corrected chi connectivity index (χ1v) is 9.03. The van der Waals surface area contributed by atoms with Gasteiger partial charge in [0.1, 0.15) is 12.5 Å². The number of carbonyl (C=O) groups excluding carboxylic acids is 1. The van der Waals surface area contributed by atoms with Gasteiger partial charge in [-0.25, -0.2) is 22.6 Å². The number of halogens is 4. The predicted octanol–water partition coefficient (Wildman–Crippen LogP) is 3.06. The first kappa shape index (κ1) is 20.5. The van der Waals surface area contributed by atoms with Gasteiger partial charge >= 0.3 is 0 Å². The zero-order chi connectivity index (χ0) is 22.3. The van der Waals surface area contributed by atoms with E-state index in [1.54, 1.807) is 0 Å². The smallest absolute Gasteiger partial charge is 0.266 e. The maximum absolute atomic E-state index is 14.7. The number of amides is 1. The number of hydrogen-bond acceptors (Lipinski definition) is 5. The zero-order valence-corrected chi connectivity index (χ0v) is 16.1. The van der Waals surface area contributed by atoms with E-state index < -0.39 is 35.6 Å². The van der Waals surface area contributed by atoms with Crippen LogP contribution in [0.15, 0.2) is 53.9 Å². The highest BCUT2D eigenvalue weighted by atomic mass is 19.2. The van der Waals surface area contributed by atoms with E-state index in [1.165, 1.54) is 31.4 Å². The van der Waals surface area contributed by atoms with Crippen molar-refractivity contribution >= 4 is 11.9 Å². The molecule has 0 saturated carbocycles. The lowest BCUT2D eigenvalue weighted by atomic mass is 9.81. The molecule has 0 radical (unpaired) electrons. The van der Waals surface area contributed by atoms with E-state index >= 15 is 0 Å². The molecule has 4 rings (SSSR count). The van der Waals surface area contributed by atoms with Crippen molar-refractivity contribution in [2.75, 3.05) is 7.05 Å². The highest BCUT2D eigenvalue weighted by Crippen LogP contribution is 2.41. The molecule has 10 heteroatoms. The molecule has 0 saturated heterocycles. The van der Waals surface area contributed by atoms with Crippen LogP contribution in [0.25, 0.3) is 11.1 Å². The molecule has 1 unspecified atom stereocenters. The summed E-state index contributed by atoms with van der Waals surface area (Å²) in [4.78, 5) is 26.1. The lowest BCUT2D eigenvalue weighted by Gasteiger charge is -2.27. The number of pyridine rings is 2. The van der Waals surface area contributed by atoms with Gasteiger partial charge in [0.15, 0.2) is 23.1 Å². The van der Waals surface area contributed by atoms with E-state index in [9.17, 15) is 22.4 Å². The molecule has 1 atom stereocenters. The van der Waals surface area contributed by atoms with Crippen molar-refractivity contribution in [3.8, 4) is 11.1 Å². The van der Waals surface area contributed by atoms with Gasteiger partial charge in [0, 0.05) is 30.6 Å². The van der Waals surface area contributed by atoms with Crippen LogP contribution >= 0.6 is 0 Å². The van der Waals surface area contributed by atoms with Gasteiger partial charge in [0.05, 0.1) is 11.9 Å². The Morgan fingerprint density at radius 2 is 1.87 bits per heavy atom. The molecule has 3 heterocycles. The molecule has 0 aliphatic carbocycles. The van der Waals surface area contributed by atoms with Gasteiger partial charge in [-0.15, -0.1) is 0 Å². The van der Waals surface area contributed by atoms with Crippen LogP contribution in [-0.4, -0.2) is 33.8 Å². The highest BCUT2D eigenvalue weighted by molar-refractivity contribution is 6.09. The summed E-state index contributed by atoms with van der Waals surface area (Å²) in [5.41, 5.74) is 3.71. The average molecular weight is 429 g/mol. The topological polar surface area (TPSA) is 84.5 Å². The number of hydrogen-bond donors (Lipinski definition) is 1.